The van der Waals surface area contributed by atoms with Gasteiger partial charge in [0.25, 0.3) is 0 Å². The Morgan fingerprint density at radius 3 is 1.79 bits per heavy atom. The zero-order valence-corrected chi connectivity index (χ0v) is 16.5. The molecule has 0 spiro atoms. The summed E-state index contributed by atoms with van der Waals surface area (Å²) in [6, 6.07) is 0. The van der Waals surface area contributed by atoms with Crippen LogP contribution < -0.4 is 5.48 Å². The van der Waals surface area contributed by atoms with Gasteiger partial charge in [-0.25, -0.2) is 5.48 Å². The summed E-state index contributed by atoms with van der Waals surface area (Å²) in [5.74, 6) is 1.44. The van der Waals surface area contributed by atoms with Gasteiger partial charge in [0.2, 0.25) is 5.88 Å². The second kappa shape index (κ2) is 12.4. The van der Waals surface area contributed by atoms with Crippen molar-refractivity contribution in [3.05, 3.63) is 12.5 Å². The van der Waals surface area contributed by atoms with Crippen LogP contribution in [-0.4, -0.2) is 5.84 Å². The Bertz CT molecular complexity index is 378. The molecule has 3 nitrogen and oxygen atoms in total. The van der Waals surface area contributed by atoms with Crippen LogP contribution in [0, 0.1) is 5.41 Å². The lowest BCUT2D eigenvalue weighted by molar-refractivity contribution is 0.169. The lowest BCUT2D eigenvalue weighted by Crippen LogP contribution is -2.35. The fraction of sp³-hybridized carbons (Fsp3) is 0.857. The van der Waals surface area contributed by atoms with Crippen LogP contribution >= 0.6 is 0 Å². The first kappa shape index (κ1) is 21.1. The van der Waals surface area contributed by atoms with E-state index in [1.165, 1.54) is 83.5 Å². The molecule has 1 aliphatic rings. The second-order valence-corrected chi connectivity index (χ2v) is 7.61. The topological polar surface area (TPSA) is 33.6 Å². The fourth-order valence-corrected chi connectivity index (χ4v) is 3.35. The van der Waals surface area contributed by atoms with Crippen molar-refractivity contribution in [3.63, 3.8) is 0 Å². The van der Waals surface area contributed by atoms with Crippen molar-refractivity contribution in [1.82, 2.24) is 5.48 Å². The van der Waals surface area contributed by atoms with Gasteiger partial charge in [-0.3, -0.25) is 0 Å². The molecular formula is C21H40N2O. The number of hydroxylamine groups is 1. The van der Waals surface area contributed by atoms with Gasteiger partial charge in [0.05, 0.1) is 0 Å². The number of aliphatic imine (C=N–C) groups is 1. The average Bonchev–Trinajstić information content (AvgIpc) is 3.03. The van der Waals surface area contributed by atoms with Crippen LogP contribution in [0.25, 0.3) is 0 Å². The molecule has 0 aromatic heterocycles. The summed E-state index contributed by atoms with van der Waals surface area (Å²) in [6.07, 6.45) is 19.0. The van der Waals surface area contributed by atoms with Crippen molar-refractivity contribution in [2.45, 2.75) is 111 Å². The molecule has 140 valence electrons. The van der Waals surface area contributed by atoms with E-state index < -0.39 is 0 Å². The molecule has 1 aliphatic heterocycles. The number of rotatable bonds is 15. The third kappa shape index (κ3) is 8.21. The van der Waals surface area contributed by atoms with E-state index in [1.54, 1.807) is 0 Å². The van der Waals surface area contributed by atoms with Gasteiger partial charge in [-0.05, 0) is 19.4 Å². The van der Waals surface area contributed by atoms with Crippen LogP contribution in [0.15, 0.2) is 17.5 Å². The van der Waals surface area contributed by atoms with Gasteiger partial charge >= 0.3 is 0 Å². The Balaban J connectivity index is 1.99. The van der Waals surface area contributed by atoms with Crippen molar-refractivity contribution < 1.29 is 4.84 Å². The van der Waals surface area contributed by atoms with Gasteiger partial charge < -0.3 is 4.84 Å². The molecule has 0 aliphatic carbocycles. The van der Waals surface area contributed by atoms with Crippen molar-refractivity contribution in [1.29, 1.82) is 0 Å². The van der Waals surface area contributed by atoms with E-state index >= 15 is 0 Å². The summed E-state index contributed by atoms with van der Waals surface area (Å²) in [7, 11) is 0. The van der Waals surface area contributed by atoms with E-state index in [1.807, 2.05) is 0 Å². The van der Waals surface area contributed by atoms with Gasteiger partial charge in [0.15, 0.2) is 0 Å². The molecule has 0 fully saturated rings. The van der Waals surface area contributed by atoms with Crippen molar-refractivity contribution in [2.75, 3.05) is 0 Å². The second-order valence-electron chi connectivity index (χ2n) is 7.61. The lowest BCUT2D eigenvalue weighted by atomic mass is 9.81. The number of unbranched alkanes of at least 4 members (excludes halogenated alkanes) is 11. The molecular weight excluding hydrogens is 296 g/mol. The summed E-state index contributed by atoms with van der Waals surface area (Å²) in [4.78, 5) is 9.57. The summed E-state index contributed by atoms with van der Waals surface area (Å²) >= 11 is 0. The quantitative estimate of drug-likeness (QED) is 0.330. The number of hydrogen-bond acceptors (Lipinski definition) is 3. The summed E-state index contributed by atoms with van der Waals surface area (Å²) in [6.45, 7) is 10.5. The highest BCUT2D eigenvalue weighted by Gasteiger charge is 2.31. The molecule has 3 heteroatoms. The van der Waals surface area contributed by atoms with Gasteiger partial charge in [-0.2, -0.15) is 4.99 Å². The summed E-state index contributed by atoms with van der Waals surface area (Å²) in [5.41, 5.74) is 3.04. The van der Waals surface area contributed by atoms with Crippen molar-refractivity contribution in [3.8, 4) is 0 Å². The average molecular weight is 337 g/mol. The molecule has 1 heterocycles. The van der Waals surface area contributed by atoms with E-state index in [4.69, 9.17) is 4.84 Å². The lowest BCUT2D eigenvalue weighted by Gasteiger charge is -2.27. The SMILES string of the molecule is C=C1N=C(C(C)(CC)CCCCCCCCCCCCCC)NO1. The van der Waals surface area contributed by atoms with E-state index in [0.29, 0.717) is 5.88 Å². The Hall–Kier alpha value is -0.990. The zero-order chi connectivity index (χ0) is 17.7. The van der Waals surface area contributed by atoms with Gasteiger partial charge in [0.1, 0.15) is 5.84 Å². The van der Waals surface area contributed by atoms with E-state index in [9.17, 15) is 0 Å². The Morgan fingerprint density at radius 1 is 0.875 bits per heavy atom. The molecule has 0 aromatic rings. The molecule has 0 saturated carbocycles. The minimum absolute atomic E-state index is 0.0952. The van der Waals surface area contributed by atoms with Crippen LogP contribution in [0.2, 0.25) is 0 Å². The van der Waals surface area contributed by atoms with Crippen LogP contribution in [0.3, 0.4) is 0 Å². The van der Waals surface area contributed by atoms with Crippen molar-refractivity contribution >= 4 is 5.84 Å². The number of amidine groups is 1. The summed E-state index contributed by atoms with van der Waals surface area (Å²) < 4.78 is 0. The molecule has 0 aromatic carbocycles. The van der Waals surface area contributed by atoms with E-state index in [-0.39, 0.29) is 5.41 Å². The predicted molar refractivity (Wildman–Crippen MR) is 105 cm³/mol. The highest BCUT2D eigenvalue weighted by molar-refractivity contribution is 5.88. The molecule has 1 N–H and O–H groups in total. The summed E-state index contributed by atoms with van der Waals surface area (Å²) in [5, 5.41) is 0. The number of hydrogen-bond donors (Lipinski definition) is 1. The van der Waals surface area contributed by atoms with Crippen LogP contribution in [0.1, 0.15) is 111 Å². The Morgan fingerprint density at radius 2 is 1.38 bits per heavy atom. The predicted octanol–water partition coefficient (Wildman–Crippen LogP) is 6.90. The third-order valence-corrected chi connectivity index (χ3v) is 5.44. The van der Waals surface area contributed by atoms with E-state index in [0.717, 1.165) is 12.3 Å². The first-order chi connectivity index (χ1) is 11.6. The maximum atomic E-state index is 5.18. The molecule has 24 heavy (non-hydrogen) atoms. The van der Waals surface area contributed by atoms with Crippen LogP contribution in [0.4, 0.5) is 0 Å². The van der Waals surface area contributed by atoms with Gasteiger partial charge in [-0.15, -0.1) is 0 Å². The maximum Gasteiger partial charge on any atom is 0.240 e. The highest BCUT2D eigenvalue weighted by atomic mass is 16.7. The number of nitrogens with zero attached hydrogens (tertiary/aromatic N) is 1. The minimum atomic E-state index is 0.0952. The van der Waals surface area contributed by atoms with Crippen LogP contribution in [-0.2, 0) is 4.84 Å². The zero-order valence-electron chi connectivity index (χ0n) is 16.5. The normalized spacial score (nSPS) is 16.5. The molecule has 0 saturated heterocycles. The molecule has 0 radical (unpaired) electrons. The smallest absolute Gasteiger partial charge is 0.240 e. The first-order valence-electron chi connectivity index (χ1n) is 10.3. The monoisotopic (exact) mass is 336 g/mol. The molecule has 1 atom stereocenters. The van der Waals surface area contributed by atoms with Gasteiger partial charge in [0, 0.05) is 5.41 Å². The largest absolute Gasteiger partial charge is 0.361 e. The molecule has 1 rings (SSSR count). The standard InChI is InChI=1S/C21H40N2O/c1-5-7-8-9-10-11-12-13-14-15-16-17-18-21(4,6-2)20-22-19(3)24-23-20/h3,5-18H2,1-2,4H3,(H,22,23). The molecule has 0 amide bonds. The molecule has 0 bridgehead atoms. The maximum absolute atomic E-state index is 5.18. The van der Waals surface area contributed by atoms with E-state index in [2.05, 4.69) is 37.8 Å². The third-order valence-electron chi connectivity index (χ3n) is 5.44. The van der Waals surface area contributed by atoms with Crippen molar-refractivity contribution in [2.24, 2.45) is 10.4 Å². The molecule has 1 unspecified atom stereocenters. The highest BCUT2D eigenvalue weighted by Crippen LogP contribution is 2.32. The Labute approximate surface area is 150 Å². The Kier molecular flexibility index (Phi) is 10.9. The van der Waals surface area contributed by atoms with Crippen LogP contribution in [0.5, 0.6) is 0 Å². The first-order valence-corrected chi connectivity index (χ1v) is 10.3. The fourth-order valence-electron chi connectivity index (χ4n) is 3.35. The van der Waals surface area contributed by atoms with Gasteiger partial charge in [-0.1, -0.05) is 97.8 Å². The minimum Gasteiger partial charge on any atom is -0.361 e. The number of nitrogens with one attached hydrogen (secondary N) is 1.